The number of nitrogens with two attached hydrogens (primary N) is 1. The lowest BCUT2D eigenvalue weighted by Gasteiger charge is -2.04. The summed E-state index contributed by atoms with van der Waals surface area (Å²) in [6.45, 7) is 2.33. The standard InChI is InChI=1S/C16H17N5OS/c1-12-19-14(11-23-12)9-16(17)20-22-10-13-3-5-15(6-4-13)21-8-2-7-18-21/h2-8,11H,9-10H2,1H3,(H2,17,20). The van der Waals surface area contributed by atoms with Crippen molar-refractivity contribution in [3.8, 4) is 5.69 Å². The van der Waals surface area contributed by atoms with E-state index in [1.807, 2.05) is 48.8 Å². The van der Waals surface area contributed by atoms with Crippen molar-refractivity contribution in [2.24, 2.45) is 10.9 Å². The average molecular weight is 327 g/mol. The average Bonchev–Trinajstić information content (AvgIpc) is 3.20. The molecule has 0 unspecified atom stereocenters. The number of hydrogen-bond acceptors (Lipinski definition) is 5. The molecule has 118 valence electrons. The molecule has 0 fully saturated rings. The number of amidine groups is 1. The van der Waals surface area contributed by atoms with Gasteiger partial charge in [0.2, 0.25) is 0 Å². The van der Waals surface area contributed by atoms with Crippen LogP contribution in [-0.2, 0) is 17.9 Å². The van der Waals surface area contributed by atoms with E-state index in [2.05, 4.69) is 15.2 Å². The van der Waals surface area contributed by atoms with Crippen LogP contribution >= 0.6 is 11.3 Å². The Morgan fingerprint density at radius 2 is 2.17 bits per heavy atom. The number of nitrogens with zero attached hydrogens (tertiary/aromatic N) is 4. The van der Waals surface area contributed by atoms with Gasteiger partial charge in [-0.2, -0.15) is 5.10 Å². The van der Waals surface area contributed by atoms with E-state index >= 15 is 0 Å². The maximum absolute atomic E-state index is 5.85. The molecule has 0 radical (unpaired) electrons. The van der Waals surface area contributed by atoms with E-state index < -0.39 is 0 Å². The van der Waals surface area contributed by atoms with Crippen molar-refractivity contribution in [3.05, 3.63) is 64.4 Å². The smallest absolute Gasteiger partial charge is 0.145 e. The number of aromatic nitrogens is 3. The fourth-order valence-corrected chi connectivity index (χ4v) is 2.68. The molecule has 0 atom stereocenters. The Hall–Kier alpha value is -2.67. The van der Waals surface area contributed by atoms with E-state index in [1.54, 1.807) is 22.2 Å². The van der Waals surface area contributed by atoms with E-state index in [1.165, 1.54) is 0 Å². The quantitative estimate of drug-likeness (QED) is 0.429. The Balaban J connectivity index is 1.52. The SMILES string of the molecule is Cc1nc(CC(N)=NOCc2ccc(-n3cccn3)cc2)cs1. The topological polar surface area (TPSA) is 78.3 Å². The summed E-state index contributed by atoms with van der Waals surface area (Å²) in [5.41, 5.74) is 8.78. The van der Waals surface area contributed by atoms with Gasteiger partial charge >= 0.3 is 0 Å². The molecule has 2 aromatic heterocycles. The van der Waals surface area contributed by atoms with Crippen LogP contribution in [-0.4, -0.2) is 20.6 Å². The molecular formula is C16H17N5OS. The van der Waals surface area contributed by atoms with Crippen LogP contribution in [0.2, 0.25) is 0 Å². The number of rotatable bonds is 6. The fourth-order valence-electron chi connectivity index (χ4n) is 2.06. The lowest BCUT2D eigenvalue weighted by Crippen LogP contribution is -2.15. The molecule has 23 heavy (non-hydrogen) atoms. The normalized spacial score (nSPS) is 11.6. The third-order valence-corrected chi connectivity index (χ3v) is 3.97. The molecule has 3 rings (SSSR count). The highest BCUT2D eigenvalue weighted by atomic mass is 32.1. The second-order valence-electron chi connectivity index (χ2n) is 5.01. The Bertz CT molecular complexity index is 777. The van der Waals surface area contributed by atoms with Crippen molar-refractivity contribution in [2.75, 3.05) is 0 Å². The lowest BCUT2D eigenvalue weighted by molar-refractivity contribution is 0.129. The van der Waals surface area contributed by atoms with Gasteiger partial charge in [-0.05, 0) is 30.7 Å². The minimum atomic E-state index is 0.371. The number of hydrogen-bond donors (Lipinski definition) is 1. The monoisotopic (exact) mass is 327 g/mol. The number of thiazole rings is 1. The van der Waals surface area contributed by atoms with Crippen LogP contribution in [0.15, 0.2) is 53.3 Å². The van der Waals surface area contributed by atoms with Crippen molar-refractivity contribution < 1.29 is 4.84 Å². The van der Waals surface area contributed by atoms with Crippen molar-refractivity contribution in [1.82, 2.24) is 14.8 Å². The summed E-state index contributed by atoms with van der Waals surface area (Å²) in [4.78, 5) is 9.65. The summed E-state index contributed by atoms with van der Waals surface area (Å²) in [6, 6.07) is 9.81. The maximum atomic E-state index is 5.85. The highest BCUT2D eigenvalue weighted by Gasteiger charge is 2.02. The molecule has 7 heteroatoms. The van der Waals surface area contributed by atoms with Gasteiger partial charge in [-0.1, -0.05) is 17.3 Å². The van der Waals surface area contributed by atoms with E-state index in [-0.39, 0.29) is 0 Å². The van der Waals surface area contributed by atoms with E-state index in [0.29, 0.717) is 18.9 Å². The van der Waals surface area contributed by atoms with Gasteiger partial charge in [0.15, 0.2) is 0 Å². The second kappa shape index (κ2) is 7.06. The van der Waals surface area contributed by atoms with Crippen LogP contribution in [0.25, 0.3) is 5.69 Å². The Morgan fingerprint density at radius 1 is 1.35 bits per heavy atom. The molecule has 0 spiro atoms. The zero-order valence-electron chi connectivity index (χ0n) is 12.7. The highest BCUT2D eigenvalue weighted by Crippen LogP contribution is 2.10. The summed E-state index contributed by atoms with van der Waals surface area (Å²) < 4.78 is 1.80. The van der Waals surface area contributed by atoms with Gasteiger partial charge in [0.05, 0.1) is 22.8 Å². The van der Waals surface area contributed by atoms with Gasteiger partial charge in [-0.3, -0.25) is 0 Å². The van der Waals surface area contributed by atoms with Crippen molar-refractivity contribution in [3.63, 3.8) is 0 Å². The molecule has 0 amide bonds. The molecule has 0 aliphatic heterocycles. The van der Waals surface area contributed by atoms with Crippen LogP contribution in [0.3, 0.4) is 0 Å². The fraction of sp³-hybridized carbons (Fsp3) is 0.188. The third-order valence-electron chi connectivity index (χ3n) is 3.15. The molecule has 0 saturated heterocycles. The van der Waals surface area contributed by atoms with E-state index in [0.717, 1.165) is 22.0 Å². The van der Waals surface area contributed by atoms with E-state index in [4.69, 9.17) is 10.6 Å². The first-order chi connectivity index (χ1) is 11.2. The molecule has 1 aromatic carbocycles. The first kappa shape index (κ1) is 15.2. The summed E-state index contributed by atoms with van der Waals surface area (Å²) in [5.74, 6) is 0.420. The first-order valence-electron chi connectivity index (χ1n) is 7.15. The maximum Gasteiger partial charge on any atom is 0.145 e. The van der Waals surface area contributed by atoms with Crippen molar-refractivity contribution in [2.45, 2.75) is 20.0 Å². The lowest BCUT2D eigenvalue weighted by atomic mass is 10.2. The number of aryl methyl sites for hydroxylation is 1. The number of oxime groups is 1. The van der Waals surface area contributed by atoms with Gasteiger partial charge in [0.1, 0.15) is 12.4 Å². The predicted octanol–water partition coefficient (Wildman–Crippen LogP) is 2.67. The second-order valence-corrected chi connectivity index (χ2v) is 6.07. The molecule has 2 heterocycles. The van der Waals surface area contributed by atoms with Gasteiger partial charge in [0, 0.05) is 17.8 Å². The molecular weight excluding hydrogens is 310 g/mol. The highest BCUT2D eigenvalue weighted by molar-refractivity contribution is 7.09. The Morgan fingerprint density at radius 3 is 2.83 bits per heavy atom. The predicted molar refractivity (Wildman–Crippen MR) is 90.5 cm³/mol. The van der Waals surface area contributed by atoms with Crippen LogP contribution < -0.4 is 5.73 Å². The molecule has 0 saturated carbocycles. The molecule has 6 nitrogen and oxygen atoms in total. The van der Waals surface area contributed by atoms with Gasteiger partial charge < -0.3 is 10.6 Å². The Labute approximate surface area is 138 Å². The zero-order chi connectivity index (χ0) is 16.1. The van der Waals surface area contributed by atoms with Crippen LogP contribution in [0.1, 0.15) is 16.3 Å². The van der Waals surface area contributed by atoms with Crippen LogP contribution in [0.4, 0.5) is 0 Å². The minimum absolute atomic E-state index is 0.371. The summed E-state index contributed by atoms with van der Waals surface area (Å²) in [7, 11) is 0. The molecule has 0 aliphatic rings. The van der Waals surface area contributed by atoms with Crippen molar-refractivity contribution >= 4 is 17.2 Å². The third kappa shape index (κ3) is 4.17. The van der Waals surface area contributed by atoms with Crippen LogP contribution in [0.5, 0.6) is 0 Å². The van der Waals surface area contributed by atoms with Crippen LogP contribution in [0, 0.1) is 6.92 Å². The number of benzene rings is 1. The summed E-state index contributed by atoms with van der Waals surface area (Å²) in [5, 5.41) is 11.1. The van der Waals surface area contributed by atoms with Gasteiger partial charge in [-0.25, -0.2) is 9.67 Å². The largest absolute Gasteiger partial charge is 0.390 e. The van der Waals surface area contributed by atoms with Crippen molar-refractivity contribution in [1.29, 1.82) is 0 Å². The van der Waals surface area contributed by atoms with Gasteiger partial charge in [0.25, 0.3) is 0 Å². The first-order valence-corrected chi connectivity index (χ1v) is 8.03. The van der Waals surface area contributed by atoms with E-state index in [9.17, 15) is 0 Å². The minimum Gasteiger partial charge on any atom is -0.390 e. The molecule has 3 aromatic rings. The summed E-state index contributed by atoms with van der Waals surface area (Å²) >= 11 is 1.60. The zero-order valence-corrected chi connectivity index (χ0v) is 13.5. The molecule has 2 N–H and O–H groups in total. The molecule has 0 bridgehead atoms. The van der Waals surface area contributed by atoms with Gasteiger partial charge in [-0.15, -0.1) is 11.3 Å². The molecule has 0 aliphatic carbocycles. The Kier molecular flexibility index (Phi) is 4.68. The summed E-state index contributed by atoms with van der Waals surface area (Å²) in [6.07, 6.45) is 4.15.